The van der Waals surface area contributed by atoms with Gasteiger partial charge in [-0.05, 0) is 37.6 Å². The summed E-state index contributed by atoms with van der Waals surface area (Å²) >= 11 is 6.65. The lowest BCUT2D eigenvalue weighted by Gasteiger charge is -2.13. The first-order valence-corrected chi connectivity index (χ1v) is 10.8. The van der Waals surface area contributed by atoms with Crippen molar-refractivity contribution in [3.8, 4) is 22.4 Å². The highest BCUT2D eigenvalue weighted by atomic mass is 35.5. The molecule has 0 unspecified atom stereocenters. The van der Waals surface area contributed by atoms with Crippen LogP contribution in [-0.2, 0) is 11.3 Å². The first kappa shape index (κ1) is 21.9. The third-order valence-electron chi connectivity index (χ3n) is 5.27. The highest BCUT2D eigenvalue weighted by Crippen LogP contribution is 2.32. The first-order valence-electron chi connectivity index (χ1n) is 10.4. The van der Waals surface area contributed by atoms with E-state index in [2.05, 4.69) is 20.3 Å². The first-order chi connectivity index (χ1) is 15.5. The minimum atomic E-state index is -0.148. The van der Waals surface area contributed by atoms with Crippen molar-refractivity contribution in [1.29, 1.82) is 0 Å². The van der Waals surface area contributed by atoms with Crippen LogP contribution >= 0.6 is 11.6 Å². The lowest BCUT2D eigenvalue weighted by Crippen LogP contribution is -2.23. The quantitative estimate of drug-likeness (QED) is 0.416. The normalized spacial score (nSPS) is 11.1. The number of nitrogens with zero attached hydrogens (tertiary/aromatic N) is 4. The van der Waals surface area contributed by atoms with Gasteiger partial charge in [-0.3, -0.25) is 14.3 Å². The number of ether oxygens (including phenoxy) is 1. The van der Waals surface area contributed by atoms with Gasteiger partial charge in [0.15, 0.2) is 0 Å². The van der Waals surface area contributed by atoms with Crippen molar-refractivity contribution >= 4 is 28.6 Å². The molecule has 0 aliphatic rings. The Morgan fingerprint density at radius 2 is 2.00 bits per heavy atom. The summed E-state index contributed by atoms with van der Waals surface area (Å²) in [7, 11) is 1.63. The lowest BCUT2D eigenvalue weighted by atomic mass is 10.0. The SMILES string of the molecule is CCn1c(=O)c(-c2ccc(-c3ncccc3C)cc2Cl)cc2cnc(NCCOC)nc21. The standard InChI is InChI=1S/C24H24ClN5O2/c1-4-30-22-17(14-28-24(29-22)27-10-11-32-3)12-19(23(30)31)18-8-7-16(13-20(18)25)21-15(2)6-5-9-26-21/h5-9,12-14H,4,10-11H2,1-3H3,(H,27,28,29). The molecule has 0 aliphatic carbocycles. The number of halogens is 1. The van der Waals surface area contributed by atoms with E-state index in [-0.39, 0.29) is 5.56 Å². The van der Waals surface area contributed by atoms with Gasteiger partial charge in [0.2, 0.25) is 5.95 Å². The van der Waals surface area contributed by atoms with Crippen molar-refractivity contribution in [3.05, 3.63) is 69.7 Å². The Morgan fingerprint density at radius 1 is 1.16 bits per heavy atom. The van der Waals surface area contributed by atoms with Gasteiger partial charge in [-0.2, -0.15) is 4.98 Å². The minimum Gasteiger partial charge on any atom is -0.383 e. The number of methoxy groups -OCH3 is 1. The molecule has 0 saturated heterocycles. The minimum absolute atomic E-state index is 0.148. The van der Waals surface area contributed by atoms with Gasteiger partial charge in [-0.15, -0.1) is 0 Å². The molecule has 0 atom stereocenters. The average molecular weight is 450 g/mol. The van der Waals surface area contributed by atoms with Gasteiger partial charge in [0, 0.05) is 59.7 Å². The zero-order valence-electron chi connectivity index (χ0n) is 18.2. The second-order valence-electron chi connectivity index (χ2n) is 7.36. The summed E-state index contributed by atoms with van der Waals surface area (Å²) in [6.45, 7) is 5.51. The third kappa shape index (κ3) is 4.22. The molecule has 164 valence electrons. The molecule has 1 N–H and O–H groups in total. The Morgan fingerprint density at radius 3 is 2.72 bits per heavy atom. The summed E-state index contributed by atoms with van der Waals surface area (Å²) in [6, 6.07) is 11.4. The molecular formula is C24H24ClN5O2. The smallest absolute Gasteiger partial charge is 0.260 e. The second kappa shape index (κ2) is 9.46. The van der Waals surface area contributed by atoms with E-state index in [1.54, 1.807) is 30.1 Å². The van der Waals surface area contributed by atoms with Crippen molar-refractivity contribution in [2.75, 3.05) is 25.6 Å². The van der Waals surface area contributed by atoms with Crippen molar-refractivity contribution < 1.29 is 4.74 Å². The molecule has 0 bridgehead atoms. The van der Waals surface area contributed by atoms with E-state index in [4.69, 9.17) is 16.3 Å². The van der Waals surface area contributed by atoms with Crippen molar-refractivity contribution in [2.45, 2.75) is 20.4 Å². The molecule has 0 fully saturated rings. The number of fused-ring (bicyclic) bond motifs is 1. The van der Waals surface area contributed by atoms with Crippen LogP contribution in [0.1, 0.15) is 12.5 Å². The van der Waals surface area contributed by atoms with Gasteiger partial charge in [-0.1, -0.05) is 29.8 Å². The number of aromatic nitrogens is 4. The van der Waals surface area contributed by atoms with E-state index in [9.17, 15) is 4.79 Å². The number of pyridine rings is 2. The lowest BCUT2D eigenvalue weighted by molar-refractivity contribution is 0.210. The topological polar surface area (TPSA) is 81.9 Å². The van der Waals surface area contributed by atoms with Gasteiger partial charge in [0.1, 0.15) is 5.65 Å². The van der Waals surface area contributed by atoms with Crippen LogP contribution in [-0.4, -0.2) is 39.8 Å². The molecule has 4 aromatic rings. The van der Waals surface area contributed by atoms with E-state index in [0.717, 1.165) is 22.2 Å². The summed E-state index contributed by atoms with van der Waals surface area (Å²) in [5, 5.41) is 4.36. The zero-order valence-corrected chi connectivity index (χ0v) is 19.0. The number of hydrogen-bond donors (Lipinski definition) is 1. The molecule has 8 heteroatoms. The van der Waals surface area contributed by atoms with Crippen LogP contribution in [0.2, 0.25) is 5.02 Å². The van der Waals surface area contributed by atoms with Crippen LogP contribution in [0.25, 0.3) is 33.4 Å². The fourth-order valence-electron chi connectivity index (χ4n) is 3.66. The molecule has 1 aromatic carbocycles. The van der Waals surface area contributed by atoms with E-state index >= 15 is 0 Å². The Labute approximate surface area is 191 Å². The van der Waals surface area contributed by atoms with E-state index in [0.29, 0.717) is 47.4 Å². The van der Waals surface area contributed by atoms with E-state index < -0.39 is 0 Å². The highest BCUT2D eigenvalue weighted by molar-refractivity contribution is 6.33. The summed E-state index contributed by atoms with van der Waals surface area (Å²) in [4.78, 5) is 26.7. The summed E-state index contributed by atoms with van der Waals surface area (Å²) in [6.07, 6.45) is 3.47. The van der Waals surface area contributed by atoms with Crippen LogP contribution < -0.4 is 10.9 Å². The molecule has 4 rings (SSSR count). The van der Waals surface area contributed by atoms with Gasteiger partial charge in [-0.25, -0.2) is 4.98 Å². The number of hydrogen-bond acceptors (Lipinski definition) is 6. The van der Waals surface area contributed by atoms with Crippen LogP contribution in [0.5, 0.6) is 0 Å². The Kier molecular flexibility index (Phi) is 6.48. The van der Waals surface area contributed by atoms with Crippen molar-refractivity contribution in [3.63, 3.8) is 0 Å². The third-order valence-corrected chi connectivity index (χ3v) is 5.59. The van der Waals surface area contributed by atoms with Gasteiger partial charge in [0.25, 0.3) is 5.56 Å². The Bertz CT molecular complexity index is 1340. The van der Waals surface area contributed by atoms with Crippen molar-refractivity contribution in [2.24, 2.45) is 0 Å². The van der Waals surface area contributed by atoms with Crippen LogP contribution in [0, 0.1) is 6.92 Å². The monoisotopic (exact) mass is 449 g/mol. The largest absolute Gasteiger partial charge is 0.383 e. The predicted molar refractivity (Wildman–Crippen MR) is 128 cm³/mol. The molecule has 0 spiro atoms. The van der Waals surface area contributed by atoms with Gasteiger partial charge < -0.3 is 10.1 Å². The number of anilines is 1. The van der Waals surface area contributed by atoms with Gasteiger partial charge >= 0.3 is 0 Å². The summed E-state index contributed by atoms with van der Waals surface area (Å²) < 4.78 is 6.68. The van der Waals surface area contributed by atoms with E-state index in [1.807, 2.05) is 44.2 Å². The molecule has 3 aromatic heterocycles. The zero-order chi connectivity index (χ0) is 22.7. The molecule has 3 heterocycles. The second-order valence-corrected chi connectivity index (χ2v) is 7.77. The molecule has 32 heavy (non-hydrogen) atoms. The van der Waals surface area contributed by atoms with Gasteiger partial charge in [0.05, 0.1) is 12.3 Å². The predicted octanol–water partition coefficient (Wildman–Crippen LogP) is 4.56. The van der Waals surface area contributed by atoms with Crippen LogP contribution in [0.15, 0.2) is 53.6 Å². The molecular weight excluding hydrogens is 426 g/mol. The van der Waals surface area contributed by atoms with Crippen LogP contribution in [0.4, 0.5) is 5.95 Å². The fourth-order valence-corrected chi connectivity index (χ4v) is 3.95. The molecule has 7 nitrogen and oxygen atoms in total. The highest BCUT2D eigenvalue weighted by Gasteiger charge is 2.16. The number of nitrogens with one attached hydrogen (secondary N) is 1. The van der Waals surface area contributed by atoms with Crippen molar-refractivity contribution in [1.82, 2.24) is 19.5 Å². The number of aryl methyl sites for hydroxylation is 2. The maximum atomic E-state index is 13.3. The summed E-state index contributed by atoms with van der Waals surface area (Å²) in [5.74, 6) is 0.456. The fraction of sp³-hybridized carbons (Fsp3) is 0.250. The van der Waals surface area contributed by atoms with Crippen LogP contribution in [0.3, 0.4) is 0 Å². The molecule has 0 amide bonds. The summed E-state index contributed by atoms with van der Waals surface area (Å²) in [5.41, 5.74) is 4.44. The number of rotatable bonds is 7. The average Bonchev–Trinajstić information content (AvgIpc) is 2.79. The maximum Gasteiger partial charge on any atom is 0.260 e. The van der Waals surface area contributed by atoms with E-state index in [1.165, 1.54) is 0 Å². The Hall–Kier alpha value is -3.29. The Balaban J connectivity index is 1.79. The molecule has 0 radical (unpaired) electrons. The molecule has 0 aliphatic heterocycles. The number of benzene rings is 1. The maximum absolute atomic E-state index is 13.3. The molecule has 0 saturated carbocycles.